The Kier molecular flexibility index (Phi) is 16.4. The van der Waals surface area contributed by atoms with Crippen LogP contribution >= 0.6 is 11.3 Å². The van der Waals surface area contributed by atoms with Crippen molar-refractivity contribution in [1.82, 2.24) is 25.4 Å². The lowest BCUT2D eigenvalue weighted by molar-refractivity contribution is -0.146. The van der Waals surface area contributed by atoms with Crippen LogP contribution in [-0.4, -0.2) is 83.3 Å². The van der Waals surface area contributed by atoms with Crippen LogP contribution in [0.25, 0.3) is 0 Å². The maximum Gasteiger partial charge on any atom is 0.245 e. The van der Waals surface area contributed by atoms with Crippen LogP contribution in [-0.2, 0) is 30.3 Å². The molecule has 278 valence electrons. The fourth-order valence-electron chi connectivity index (χ4n) is 7.05. The fourth-order valence-corrected chi connectivity index (χ4v) is 7.74. The molecule has 2 N–H and O–H groups in total. The molecule has 3 rings (SSSR count). The standard InChI is InChI=1S/C39H61N5O5S/c1-10-27(6)36(43(8)39(48)35(26(4)5)42-33(45)21-25(2)3)32(49-9)24-34(46)44-19-14-17-30(44)22-28(7)37(47)41-31(38-40-18-20-50-38)23-29-15-12-11-13-16-29/h11-13,15-16,18,20,25-28,30-32,35-36H,10,14,17,19,21-24H2,1-9H3,(H,41,47)(H,42,45)/t27-,28+,30-,31-,32+,35-,36-/m0/s1. The average Bonchev–Trinajstić information content (AvgIpc) is 3.79. The normalized spacial score (nSPS) is 18.3. The second kappa shape index (κ2) is 19.9. The van der Waals surface area contributed by atoms with Gasteiger partial charge in [-0.05, 0) is 49.0 Å². The third-order valence-corrected chi connectivity index (χ3v) is 10.9. The van der Waals surface area contributed by atoms with Gasteiger partial charge in [0.2, 0.25) is 23.6 Å². The molecule has 1 aliphatic heterocycles. The zero-order chi connectivity index (χ0) is 37.0. The summed E-state index contributed by atoms with van der Waals surface area (Å²) in [6.07, 6.45) is 5.39. The number of hydrogen-bond acceptors (Lipinski definition) is 7. The predicted octanol–water partition coefficient (Wildman–Crippen LogP) is 6.03. The first-order chi connectivity index (χ1) is 23.8. The summed E-state index contributed by atoms with van der Waals surface area (Å²) in [6, 6.07) is 8.74. The second-order valence-corrected chi connectivity index (χ2v) is 15.8. The number of likely N-dealkylation sites (tertiary alicyclic amines) is 1. The van der Waals surface area contributed by atoms with E-state index in [0.29, 0.717) is 25.8 Å². The van der Waals surface area contributed by atoms with Crippen molar-refractivity contribution in [3.8, 4) is 0 Å². The van der Waals surface area contributed by atoms with Gasteiger partial charge in [-0.1, -0.05) is 85.2 Å². The van der Waals surface area contributed by atoms with Gasteiger partial charge in [-0.3, -0.25) is 19.2 Å². The molecule has 1 fully saturated rings. The van der Waals surface area contributed by atoms with E-state index in [-0.39, 0.29) is 71.8 Å². The summed E-state index contributed by atoms with van der Waals surface area (Å²) >= 11 is 1.53. The molecule has 7 atom stereocenters. The van der Waals surface area contributed by atoms with E-state index in [4.69, 9.17) is 4.74 Å². The summed E-state index contributed by atoms with van der Waals surface area (Å²) < 4.78 is 6.00. The minimum Gasteiger partial charge on any atom is -0.379 e. The molecule has 11 heteroatoms. The minimum absolute atomic E-state index is 0.0310. The number of methoxy groups -OCH3 is 1. The van der Waals surface area contributed by atoms with Crippen LogP contribution in [0.15, 0.2) is 41.9 Å². The van der Waals surface area contributed by atoms with Crippen molar-refractivity contribution in [2.24, 2.45) is 23.7 Å². The average molecular weight is 712 g/mol. The molecule has 2 aromatic rings. The molecule has 0 bridgehead atoms. The van der Waals surface area contributed by atoms with Crippen LogP contribution < -0.4 is 10.6 Å². The maximum atomic E-state index is 14.0. The SMILES string of the molecule is CC[C@H](C)[C@@H]([C@@H](CC(=O)N1CCC[C@H]1C[C@@H](C)C(=O)N[C@@H](Cc1ccccc1)c1nccs1)OC)N(C)C(=O)[C@@H](NC(=O)CC(C)C)C(C)C. The Hall–Kier alpha value is -3.31. The molecule has 0 radical (unpaired) electrons. The summed E-state index contributed by atoms with van der Waals surface area (Å²) in [5, 5.41) is 9.00. The van der Waals surface area contributed by atoms with Crippen LogP contribution in [0.3, 0.4) is 0 Å². The number of likely N-dealkylation sites (N-methyl/N-ethyl adjacent to an activating group) is 1. The summed E-state index contributed by atoms with van der Waals surface area (Å²) in [7, 11) is 3.35. The van der Waals surface area contributed by atoms with Gasteiger partial charge in [0, 0.05) is 50.7 Å². The number of carbonyl (C=O) groups excluding carboxylic acids is 4. The van der Waals surface area contributed by atoms with Crippen molar-refractivity contribution >= 4 is 35.0 Å². The van der Waals surface area contributed by atoms with Gasteiger partial charge >= 0.3 is 0 Å². The number of carbonyl (C=O) groups is 4. The van der Waals surface area contributed by atoms with E-state index in [9.17, 15) is 19.2 Å². The Bertz CT molecular complexity index is 1350. The summed E-state index contributed by atoms with van der Waals surface area (Å²) in [5.74, 6) is -0.596. The monoisotopic (exact) mass is 711 g/mol. The lowest BCUT2D eigenvalue weighted by Crippen LogP contribution is -2.57. The van der Waals surface area contributed by atoms with Crippen LogP contribution in [0.5, 0.6) is 0 Å². The maximum absolute atomic E-state index is 14.0. The molecule has 0 saturated carbocycles. The zero-order valence-electron chi connectivity index (χ0n) is 31.7. The van der Waals surface area contributed by atoms with E-state index in [1.165, 1.54) is 11.3 Å². The molecular formula is C39H61N5O5S. The molecule has 4 amide bonds. The number of benzene rings is 1. The molecule has 1 aliphatic rings. The first-order valence-corrected chi connectivity index (χ1v) is 19.3. The fraction of sp³-hybridized carbons (Fsp3) is 0.667. The largest absolute Gasteiger partial charge is 0.379 e. The minimum atomic E-state index is -0.676. The molecule has 10 nitrogen and oxygen atoms in total. The highest BCUT2D eigenvalue weighted by atomic mass is 32.1. The van der Waals surface area contributed by atoms with E-state index in [1.807, 2.05) is 63.1 Å². The zero-order valence-corrected chi connectivity index (χ0v) is 32.5. The van der Waals surface area contributed by atoms with Gasteiger partial charge in [0.05, 0.1) is 24.6 Å². The Morgan fingerprint density at radius 1 is 1.04 bits per heavy atom. The highest BCUT2D eigenvalue weighted by Gasteiger charge is 2.40. The van der Waals surface area contributed by atoms with Gasteiger partial charge in [-0.15, -0.1) is 11.3 Å². The Morgan fingerprint density at radius 3 is 2.32 bits per heavy atom. The smallest absolute Gasteiger partial charge is 0.245 e. The molecule has 0 spiro atoms. The van der Waals surface area contributed by atoms with Crippen molar-refractivity contribution in [2.45, 2.75) is 124 Å². The number of rotatable bonds is 19. The first-order valence-electron chi connectivity index (χ1n) is 18.4. The number of nitrogens with one attached hydrogen (secondary N) is 2. The number of hydrogen-bond donors (Lipinski definition) is 2. The van der Waals surface area contributed by atoms with Gasteiger partial charge in [0.25, 0.3) is 0 Å². The summed E-state index contributed by atoms with van der Waals surface area (Å²) in [5.41, 5.74) is 1.12. The molecule has 0 unspecified atom stereocenters. The van der Waals surface area contributed by atoms with Gasteiger partial charge in [0.15, 0.2) is 0 Å². The lowest BCUT2D eigenvalue weighted by Gasteiger charge is -2.40. The van der Waals surface area contributed by atoms with E-state index < -0.39 is 12.1 Å². The van der Waals surface area contributed by atoms with Crippen LogP contribution in [0.4, 0.5) is 0 Å². The molecule has 0 aliphatic carbocycles. The summed E-state index contributed by atoms with van der Waals surface area (Å²) in [4.78, 5) is 62.3. The Balaban J connectivity index is 1.69. The van der Waals surface area contributed by atoms with Crippen LogP contribution in [0.1, 0.15) is 104 Å². The summed E-state index contributed by atoms with van der Waals surface area (Å²) in [6.45, 7) is 14.5. The number of thiazole rings is 1. The lowest BCUT2D eigenvalue weighted by atomic mass is 9.89. The molecule has 2 heterocycles. The Morgan fingerprint density at radius 2 is 1.74 bits per heavy atom. The number of ether oxygens (including phenoxy) is 1. The van der Waals surface area contributed by atoms with E-state index >= 15 is 0 Å². The molecule has 1 saturated heterocycles. The molecule has 1 aromatic carbocycles. The van der Waals surface area contributed by atoms with Crippen molar-refractivity contribution < 1.29 is 23.9 Å². The topological polar surface area (TPSA) is 121 Å². The van der Waals surface area contributed by atoms with E-state index in [0.717, 1.165) is 29.8 Å². The molecular weight excluding hydrogens is 651 g/mol. The van der Waals surface area contributed by atoms with E-state index in [1.54, 1.807) is 25.3 Å². The van der Waals surface area contributed by atoms with Crippen molar-refractivity contribution in [2.75, 3.05) is 20.7 Å². The highest BCUT2D eigenvalue weighted by molar-refractivity contribution is 7.09. The van der Waals surface area contributed by atoms with Gasteiger partial charge in [0.1, 0.15) is 11.0 Å². The number of aromatic nitrogens is 1. The molecule has 50 heavy (non-hydrogen) atoms. The van der Waals surface area contributed by atoms with E-state index in [2.05, 4.69) is 41.6 Å². The third-order valence-electron chi connectivity index (χ3n) is 10.0. The van der Waals surface area contributed by atoms with Crippen molar-refractivity contribution in [3.63, 3.8) is 0 Å². The van der Waals surface area contributed by atoms with Crippen LogP contribution in [0, 0.1) is 23.7 Å². The third kappa shape index (κ3) is 11.6. The molecule has 1 aromatic heterocycles. The number of amides is 4. The van der Waals surface area contributed by atoms with Gasteiger partial charge in [-0.25, -0.2) is 4.98 Å². The van der Waals surface area contributed by atoms with Gasteiger partial charge in [-0.2, -0.15) is 0 Å². The van der Waals surface area contributed by atoms with Crippen LogP contribution in [0.2, 0.25) is 0 Å². The quantitative estimate of drug-likeness (QED) is 0.184. The number of nitrogens with zero attached hydrogens (tertiary/aromatic N) is 3. The van der Waals surface area contributed by atoms with Gasteiger partial charge < -0.3 is 25.2 Å². The first kappa shape index (κ1) is 41.1. The Labute approximate surface area is 304 Å². The second-order valence-electron chi connectivity index (χ2n) is 14.8. The highest BCUT2D eigenvalue weighted by Crippen LogP contribution is 2.29. The van der Waals surface area contributed by atoms with Crippen molar-refractivity contribution in [3.05, 3.63) is 52.5 Å². The predicted molar refractivity (Wildman–Crippen MR) is 199 cm³/mol. The van der Waals surface area contributed by atoms with Crippen molar-refractivity contribution in [1.29, 1.82) is 0 Å².